The molecule has 3 rings (SSSR count). The Morgan fingerprint density at radius 1 is 0.812 bits per heavy atom. The summed E-state index contributed by atoms with van der Waals surface area (Å²) in [5.41, 5.74) is 3.37. The largest absolute Gasteiger partial charge is 0.444 e. The minimum atomic E-state index is -0.612. The second kappa shape index (κ2) is 8.74. The molecular formula is C24H28N4O4. The zero-order valence-corrected chi connectivity index (χ0v) is 19.1. The molecule has 0 aliphatic rings. The fraction of sp³-hybridized carbons (Fsp3) is 0.292. The van der Waals surface area contributed by atoms with Gasteiger partial charge in [-0.05, 0) is 50.6 Å². The van der Waals surface area contributed by atoms with Crippen LogP contribution in [0.4, 0.5) is 16.2 Å². The summed E-state index contributed by atoms with van der Waals surface area (Å²) in [4.78, 5) is 36.3. The molecule has 2 N–H and O–H groups in total. The van der Waals surface area contributed by atoms with Gasteiger partial charge in [0.25, 0.3) is 5.91 Å². The zero-order valence-electron chi connectivity index (χ0n) is 19.1. The zero-order chi connectivity index (χ0) is 23.6. The summed E-state index contributed by atoms with van der Waals surface area (Å²) >= 11 is 0. The summed E-state index contributed by atoms with van der Waals surface area (Å²) in [5.74, 6) is -0.304. The highest BCUT2D eigenvalue weighted by Crippen LogP contribution is 2.24. The van der Waals surface area contributed by atoms with Crippen molar-refractivity contribution in [2.24, 2.45) is 14.1 Å². The molecule has 0 fully saturated rings. The minimum absolute atomic E-state index is 0.00530. The molecule has 0 bridgehead atoms. The Morgan fingerprint density at radius 2 is 1.44 bits per heavy atom. The number of hydrogen-bond acceptors (Lipinski definition) is 4. The van der Waals surface area contributed by atoms with E-state index in [0.717, 1.165) is 11.1 Å². The number of Topliss-reactive ketones (excluding diaryl/α,β-unsaturated/α-hetero) is 1. The van der Waals surface area contributed by atoms with Crippen LogP contribution in [0.15, 0.2) is 48.8 Å². The van der Waals surface area contributed by atoms with Crippen molar-refractivity contribution in [1.29, 1.82) is 0 Å². The van der Waals surface area contributed by atoms with Crippen molar-refractivity contribution in [3.05, 3.63) is 60.2 Å². The number of benzene rings is 1. The number of ketones is 1. The summed E-state index contributed by atoms with van der Waals surface area (Å²) in [5, 5.41) is 5.48. The first-order valence-electron chi connectivity index (χ1n) is 10.2. The van der Waals surface area contributed by atoms with Crippen LogP contribution in [0.25, 0.3) is 11.1 Å². The summed E-state index contributed by atoms with van der Waals surface area (Å²) in [6.45, 7) is 6.88. The number of aromatic nitrogens is 2. The van der Waals surface area contributed by atoms with Crippen LogP contribution in [-0.4, -0.2) is 32.5 Å². The number of anilines is 2. The molecule has 0 unspecified atom stereocenters. The lowest BCUT2D eigenvalue weighted by atomic mass is 10.1. The molecule has 0 saturated carbocycles. The molecule has 8 heteroatoms. The molecule has 0 atom stereocenters. The van der Waals surface area contributed by atoms with Crippen molar-refractivity contribution in [3.63, 3.8) is 0 Å². The monoisotopic (exact) mass is 436 g/mol. The molecule has 0 saturated heterocycles. The fourth-order valence-electron chi connectivity index (χ4n) is 3.29. The Bertz CT molecular complexity index is 1160. The minimum Gasteiger partial charge on any atom is -0.444 e. The van der Waals surface area contributed by atoms with Crippen molar-refractivity contribution < 1.29 is 19.1 Å². The van der Waals surface area contributed by atoms with Gasteiger partial charge in [-0.1, -0.05) is 12.1 Å². The Balaban J connectivity index is 1.68. The number of ether oxygens (including phenoxy) is 1. The van der Waals surface area contributed by atoms with E-state index in [1.165, 1.54) is 6.92 Å². The first-order valence-corrected chi connectivity index (χ1v) is 10.2. The van der Waals surface area contributed by atoms with E-state index in [0.29, 0.717) is 22.8 Å². The highest BCUT2D eigenvalue weighted by atomic mass is 16.6. The maximum Gasteiger partial charge on any atom is 0.412 e. The van der Waals surface area contributed by atoms with Crippen molar-refractivity contribution in [1.82, 2.24) is 9.13 Å². The third-order valence-corrected chi connectivity index (χ3v) is 4.72. The lowest BCUT2D eigenvalue weighted by Gasteiger charge is -2.19. The number of aryl methyl sites for hydroxylation is 2. The van der Waals surface area contributed by atoms with E-state index in [4.69, 9.17) is 4.74 Å². The quantitative estimate of drug-likeness (QED) is 0.560. The average Bonchev–Trinajstić information content (AvgIpc) is 3.23. The van der Waals surface area contributed by atoms with E-state index < -0.39 is 11.7 Å². The van der Waals surface area contributed by atoms with Crippen LogP contribution >= 0.6 is 0 Å². The summed E-state index contributed by atoms with van der Waals surface area (Å²) in [6, 6.07) is 10.8. The molecule has 0 aliphatic heterocycles. The van der Waals surface area contributed by atoms with Crippen LogP contribution < -0.4 is 10.6 Å². The van der Waals surface area contributed by atoms with Gasteiger partial charge in [-0.25, -0.2) is 4.79 Å². The smallest absolute Gasteiger partial charge is 0.412 e. The van der Waals surface area contributed by atoms with E-state index in [-0.39, 0.29) is 11.7 Å². The van der Waals surface area contributed by atoms with Crippen LogP contribution in [0.1, 0.15) is 48.7 Å². The molecule has 0 radical (unpaired) electrons. The van der Waals surface area contributed by atoms with Gasteiger partial charge >= 0.3 is 6.09 Å². The van der Waals surface area contributed by atoms with E-state index >= 15 is 0 Å². The van der Waals surface area contributed by atoms with Crippen molar-refractivity contribution in [2.45, 2.75) is 33.3 Å². The molecular weight excluding hydrogens is 408 g/mol. The van der Waals surface area contributed by atoms with E-state index in [2.05, 4.69) is 10.6 Å². The standard InChI is InChI=1S/C24H28N4O4/c1-15(29)20-11-17(13-27(20)5)16-7-9-18(10-8-16)25-22(30)21-12-19(14-28(21)6)26-23(31)32-24(2,3)4/h7-14H,1-6H3,(H,25,30)(H,26,31). The van der Waals surface area contributed by atoms with Gasteiger partial charge in [-0.15, -0.1) is 0 Å². The molecule has 0 aliphatic carbocycles. The van der Waals surface area contributed by atoms with Gasteiger partial charge in [0, 0.05) is 44.7 Å². The van der Waals surface area contributed by atoms with Gasteiger partial charge in [0.1, 0.15) is 11.3 Å². The van der Waals surface area contributed by atoms with Gasteiger partial charge in [-0.2, -0.15) is 0 Å². The Labute approximate surface area is 187 Å². The first-order chi connectivity index (χ1) is 14.9. The third-order valence-electron chi connectivity index (χ3n) is 4.72. The lowest BCUT2D eigenvalue weighted by molar-refractivity contribution is 0.0635. The van der Waals surface area contributed by atoms with Crippen molar-refractivity contribution in [2.75, 3.05) is 10.6 Å². The second-order valence-electron chi connectivity index (χ2n) is 8.66. The Morgan fingerprint density at radius 3 is 2.00 bits per heavy atom. The first kappa shape index (κ1) is 22.9. The van der Waals surface area contributed by atoms with Crippen LogP contribution in [0, 0.1) is 0 Å². The van der Waals surface area contributed by atoms with Gasteiger partial charge in [0.2, 0.25) is 0 Å². The van der Waals surface area contributed by atoms with Gasteiger partial charge in [0.05, 0.1) is 11.4 Å². The predicted molar refractivity (Wildman–Crippen MR) is 124 cm³/mol. The molecule has 1 aromatic carbocycles. The molecule has 2 amide bonds. The van der Waals surface area contributed by atoms with Gasteiger partial charge in [-0.3, -0.25) is 14.9 Å². The van der Waals surface area contributed by atoms with Gasteiger partial charge in [0.15, 0.2) is 5.78 Å². The number of carbonyl (C=O) groups is 3. The van der Waals surface area contributed by atoms with Crippen molar-refractivity contribution in [3.8, 4) is 11.1 Å². The van der Waals surface area contributed by atoms with E-state index in [1.54, 1.807) is 61.3 Å². The summed E-state index contributed by atoms with van der Waals surface area (Å²) in [7, 11) is 3.56. The SMILES string of the molecule is CC(=O)c1cc(-c2ccc(NC(=O)c3cc(NC(=O)OC(C)(C)C)cn3C)cc2)cn1C. The molecule has 168 valence electrons. The lowest BCUT2D eigenvalue weighted by Crippen LogP contribution is -2.27. The highest BCUT2D eigenvalue weighted by molar-refractivity contribution is 6.04. The molecule has 32 heavy (non-hydrogen) atoms. The number of carbonyl (C=O) groups excluding carboxylic acids is 3. The number of amides is 2. The van der Waals surface area contributed by atoms with Crippen molar-refractivity contribution >= 4 is 29.2 Å². The van der Waals surface area contributed by atoms with Crippen LogP contribution in [0.3, 0.4) is 0 Å². The molecule has 0 spiro atoms. The van der Waals surface area contributed by atoms with Crippen LogP contribution in [0.2, 0.25) is 0 Å². The third kappa shape index (κ3) is 5.46. The number of rotatable bonds is 5. The van der Waals surface area contributed by atoms with E-state index in [9.17, 15) is 14.4 Å². The average molecular weight is 437 g/mol. The molecule has 3 aromatic rings. The predicted octanol–water partition coefficient (Wildman–Crippen LogP) is 4.83. The van der Waals surface area contributed by atoms with Gasteiger partial charge < -0.3 is 19.2 Å². The number of nitrogens with one attached hydrogen (secondary N) is 2. The molecule has 8 nitrogen and oxygen atoms in total. The number of hydrogen-bond donors (Lipinski definition) is 2. The van der Waals surface area contributed by atoms with Crippen LogP contribution in [0.5, 0.6) is 0 Å². The topological polar surface area (TPSA) is 94.4 Å². The highest BCUT2D eigenvalue weighted by Gasteiger charge is 2.18. The molecule has 2 heterocycles. The summed E-state index contributed by atoms with van der Waals surface area (Å²) < 4.78 is 8.66. The fourth-order valence-corrected chi connectivity index (χ4v) is 3.29. The molecule has 2 aromatic heterocycles. The summed E-state index contributed by atoms with van der Waals surface area (Å²) in [6.07, 6.45) is 2.96. The maximum absolute atomic E-state index is 12.7. The second-order valence-corrected chi connectivity index (χ2v) is 8.66. The van der Waals surface area contributed by atoms with Crippen LogP contribution in [-0.2, 0) is 18.8 Å². The Hall–Kier alpha value is -3.81. The maximum atomic E-state index is 12.7. The van der Waals surface area contributed by atoms with E-state index in [1.807, 2.05) is 31.4 Å². The Kier molecular flexibility index (Phi) is 6.25. The normalized spacial score (nSPS) is 11.2. The number of nitrogens with zero attached hydrogens (tertiary/aromatic N) is 2.